The SMILES string of the molecule is CSc1cccc(CNCc2ccccc2OC[C@@H](O)CN2CCSCC2)c1. The molecule has 28 heavy (non-hydrogen) atoms. The Morgan fingerprint density at radius 2 is 1.96 bits per heavy atom. The molecule has 0 spiro atoms. The maximum absolute atomic E-state index is 10.3. The fourth-order valence-electron chi connectivity index (χ4n) is 3.24. The van der Waals surface area contributed by atoms with Crippen molar-refractivity contribution in [2.45, 2.75) is 24.1 Å². The highest BCUT2D eigenvalue weighted by molar-refractivity contribution is 7.99. The van der Waals surface area contributed by atoms with Gasteiger partial charge < -0.3 is 15.2 Å². The highest BCUT2D eigenvalue weighted by Gasteiger charge is 2.15. The molecule has 6 heteroatoms. The molecule has 1 atom stereocenters. The van der Waals surface area contributed by atoms with E-state index in [4.69, 9.17) is 4.74 Å². The second-order valence-electron chi connectivity index (χ2n) is 6.94. The van der Waals surface area contributed by atoms with E-state index in [1.165, 1.54) is 10.5 Å². The molecule has 0 unspecified atom stereocenters. The van der Waals surface area contributed by atoms with Crippen LogP contribution in [0.4, 0.5) is 0 Å². The summed E-state index contributed by atoms with van der Waals surface area (Å²) in [5.74, 6) is 3.16. The highest BCUT2D eigenvalue weighted by atomic mass is 32.2. The summed E-state index contributed by atoms with van der Waals surface area (Å²) in [6.45, 7) is 4.68. The first-order chi connectivity index (χ1) is 13.7. The van der Waals surface area contributed by atoms with E-state index in [-0.39, 0.29) is 0 Å². The minimum atomic E-state index is -0.460. The van der Waals surface area contributed by atoms with Crippen molar-refractivity contribution in [2.75, 3.05) is 44.0 Å². The minimum absolute atomic E-state index is 0.330. The van der Waals surface area contributed by atoms with Crippen LogP contribution in [-0.4, -0.2) is 60.1 Å². The van der Waals surface area contributed by atoms with Crippen molar-refractivity contribution >= 4 is 23.5 Å². The molecule has 0 aromatic heterocycles. The standard InChI is InChI=1S/C22H30N2O2S2/c1-27-21-7-4-5-18(13-21)14-23-15-19-6-2-3-8-22(19)26-17-20(25)16-24-9-11-28-12-10-24/h2-8,13,20,23,25H,9-12,14-17H2,1H3/t20-/m0/s1. The van der Waals surface area contributed by atoms with Crippen molar-refractivity contribution < 1.29 is 9.84 Å². The highest BCUT2D eigenvalue weighted by Crippen LogP contribution is 2.19. The van der Waals surface area contributed by atoms with Crippen LogP contribution in [0.2, 0.25) is 0 Å². The number of benzene rings is 2. The Morgan fingerprint density at radius 1 is 1.14 bits per heavy atom. The smallest absolute Gasteiger partial charge is 0.123 e. The molecule has 3 rings (SSSR count). The lowest BCUT2D eigenvalue weighted by Gasteiger charge is -2.28. The molecule has 1 aliphatic heterocycles. The maximum Gasteiger partial charge on any atom is 0.123 e. The van der Waals surface area contributed by atoms with Crippen LogP contribution < -0.4 is 10.1 Å². The molecule has 2 N–H and O–H groups in total. The van der Waals surface area contributed by atoms with Gasteiger partial charge in [0.2, 0.25) is 0 Å². The summed E-state index contributed by atoms with van der Waals surface area (Å²) >= 11 is 3.74. The topological polar surface area (TPSA) is 44.7 Å². The van der Waals surface area contributed by atoms with Gasteiger partial charge in [-0.15, -0.1) is 11.8 Å². The Bertz CT molecular complexity index is 723. The van der Waals surface area contributed by atoms with Crippen molar-refractivity contribution in [3.05, 3.63) is 59.7 Å². The zero-order chi connectivity index (χ0) is 19.6. The Morgan fingerprint density at radius 3 is 2.79 bits per heavy atom. The number of aliphatic hydroxyl groups excluding tert-OH is 1. The Hall–Kier alpha value is -1.18. The lowest BCUT2D eigenvalue weighted by Crippen LogP contribution is -2.40. The van der Waals surface area contributed by atoms with E-state index in [0.717, 1.165) is 49.0 Å². The molecule has 0 amide bonds. The number of aliphatic hydroxyl groups is 1. The largest absolute Gasteiger partial charge is 0.491 e. The van der Waals surface area contributed by atoms with Crippen LogP contribution in [-0.2, 0) is 13.1 Å². The summed E-state index contributed by atoms with van der Waals surface area (Å²) in [6, 6.07) is 16.7. The number of ether oxygens (including phenoxy) is 1. The number of hydrogen-bond acceptors (Lipinski definition) is 6. The van der Waals surface area contributed by atoms with Crippen molar-refractivity contribution in [2.24, 2.45) is 0 Å². The van der Waals surface area contributed by atoms with Gasteiger partial charge in [0.15, 0.2) is 0 Å². The van der Waals surface area contributed by atoms with Gasteiger partial charge in [0.1, 0.15) is 18.5 Å². The molecule has 4 nitrogen and oxygen atoms in total. The van der Waals surface area contributed by atoms with Gasteiger partial charge in [-0.25, -0.2) is 0 Å². The van der Waals surface area contributed by atoms with Crippen molar-refractivity contribution in [3.63, 3.8) is 0 Å². The Balaban J connectivity index is 1.46. The minimum Gasteiger partial charge on any atom is -0.491 e. The number of β-amino-alcohol motifs (C(OH)–C–C–N with tert-alkyl or cyclic N) is 1. The predicted octanol–water partition coefficient (Wildman–Crippen LogP) is 3.49. The van der Waals surface area contributed by atoms with Crippen LogP contribution in [0.15, 0.2) is 53.4 Å². The first kappa shape index (κ1) is 21.5. The number of nitrogens with one attached hydrogen (secondary N) is 1. The molecule has 1 heterocycles. The second-order valence-corrected chi connectivity index (χ2v) is 9.05. The van der Waals surface area contributed by atoms with E-state index in [0.29, 0.717) is 13.2 Å². The summed E-state index contributed by atoms with van der Waals surface area (Å²) in [6.07, 6.45) is 1.64. The van der Waals surface area contributed by atoms with Crippen LogP contribution >= 0.6 is 23.5 Å². The molecular weight excluding hydrogens is 388 g/mol. The Kier molecular flexibility index (Phi) is 9.02. The van der Waals surface area contributed by atoms with Gasteiger partial charge in [-0.05, 0) is 30.0 Å². The summed E-state index contributed by atoms with van der Waals surface area (Å²) in [5, 5.41) is 13.8. The average molecular weight is 419 g/mol. The van der Waals surface area contributed by atoms with Crippen molar-refractivity contribution in [1.29, 1.82) is 0 Å². The molecular formula is C22H30N2O2S2. The number of thioether (sulfide) groups is 2. The summed E-state index contributed by atoms with van der Waals surface area (Å²) < 4.78 is 5.95. The fourth-order valence-corrected chi connectivity index (χ4v) is 4.70. The van der Waals surface area contributed by atoms with E-state index >= 15 is 0 Å². The monoisotopic (exact) mass is 418 g/mol. The first-order valence-electron chi connectivity index (χ1n) is 9.77. The molecule has 2 aromatic carbocycles. The molecule has 0 saturated carbocycles. The number of rotatable bonds is 10. The molecule has 0 aliphatic carbocycles. The van der Waals surface area contributed by atoms with Gasteiger partial charge in [0.05, 0.1) is 0 Å². The lowest BCUT2D eigenvalue weighted by atomic mass is 10.2. The van der Waals surface area contributed by atoms with Gasteiger partial charge in [-0.1, -0.05) is 30.3 Å². The van der Waals surface area contributed by atoms with Crippen LogP contribution in [0.5, 0.6) is 5.75 Å². The van der Waals surface area contributed by atoms with Gasteiger partial charge in [0, 0.05) is 54.7 Å². The van der Waals surface area contributed by atoms with E-state index in [1.54, 1.807) is 11.8 Å². The van der Waals surface area contributed by atoms with Crippen LogP contribution in [0.3, 0.4) is 0 Å². The summed E-state index contributed by atoms with van der Waals surface area (Å²) in [5.41, 5.74) is 2.39. The van der Waals surface area contributed by atoms with Gasteiger partial charge in [-0.2, -0.15) is 11.8 Å². The molecule has 1 fully saturated rings. The summed E-state index contributed by atoms with van der Waals surface area (Å²) in [7, 11) is 0. The quantitative estimate of drug-likeness (QED) is 0.576. The van der Waals surface area contributed by atoms with Crippen LogP contribution in [0.25, 0.3) is 0 Å². The van der Waals surface area contributed by atoms with E-state index in [2.05, 4.69) is 46.8 Å². The van der Waals surface area contributed by atoms with E-state index < -0.39 is 6.10 Å². The zero-order valence-electron chi connectivity index (χ0n) is 16.5. The van der Waals surface area contributed by atoms with Crippen LogP contribution in [0, 0.1) is 0 Å². The first-order valence-corrected chi connectivity index (χ1v) is 12.1. The molecule has 2 aromatic rings. The zero-order valence-corrected chi connectivity index (χ0v) is 18.1. The van der Waals surface area contributed by atoms with Crippen molar-refractivity contribution in [3.8, 4) is 5.75 Å². The number of hydrogen-bond donors (Lipinski definition) is 2. The fraction of sp³-hybridized carbons (Fsp3) is 0.455. The normalized spacial score (nSPS) is 16.1. The Labute approximate surface area is 177 Å². The molecule has 0 radical (unpaired) electrons. The van der Waals surface area contributed by atoms with E-state index in [9.17, 15) is 5.11 Å². The maximum atomic E-state index is 10.3. The third-order valence-corrected chi connectivity index (χ3v) is 6.42. The summed E-state index contributed by atoms with van der Waals surface area (Å²) in [4.78, 5) is 3.60. The molecule has 0 bridgehead atoms. The third-order valence-electron chi connectivity index (χ3n) is 4.76. The average Bonchev–Trinajstić information content (AvgIpc) is 2.74. The van der Waals surface area contributed by atoms with Crippen LogP contribution in [0.1, 0.15) is 11.1 Å². The van der Waals surface area contributed by atoms with Gasteiger partial charge >= 0.3 is 0 Å². The van der Waals surface area contributed by atoms with Gasteiger partial charge in [0.25, 0.3) is 0 Å². The molecule has 1 aliphatic rings. The molecule has 152 valence electrons. The molecule has 1 saturated heterocycles. The number of para-hydroxylation sites is 1. The van der Waals surface area contributed by atoms with Gasteiger partial charge in [-0.3, -0.25) is 4.90 Å². The number of nitrogens with zero attached hydrogens (tertiary/aromatic N) is 1. The third kappa shape index (κ3) is 7.01. The predicted molar refractivity (Wildman–Crippen MR) is 120 cm³/mol. The lowest BCUT2D eigenvalue weighted by molar-refractivity contribution is 0.0711. The van der Waals surface area contributed by atoms with E-state index in [1.807, 2.05) is 30.0 Å². The second kappa shape index (κ2) is 11.7. The van der Waals surface area contributed by atoms with Crippen molar-refractivity contribution in [1.82, 2.24) is 10.2 Å².